The molecule has 0 spiro atoms. The van der Waals surface area contributed by atoms with Crippen molar-refractivity contribution in [3.8, 4) is 0 Å². The lowest BCUT2D eigenvalue weighted by atomic mass is 10.2. The highest BCUT2D eigenvalue weighted by molar-refractivity contribution is 6.69. The van der Waals surface area contributed by atoms with Crippen molar-refractivity contribution in [3.05, 3.63) is 69.2 Å². The van der Waals surface area contributed by atoms with E-state index in [1.165, 1.54) is 12.1 Å². The molecule has 0 aliphatic carbocycles. The average Bonchev–Trinajstić information content (AvgIpc) is 2.41. The second-order valence-electron chi connectivity index (χ2n) is 3.68. The van der Waals surface area contributed by atoms with Crippen LogP contribution in [0, 0.1) is 10.1 Å². The molecular formula is C13H8Cl2N2O2. The normalized spacial score (nSPS) is 11.4. The Labute approximate surface area is 119 Å². The summed E-state index contributed by atoms with van der Waals surface area (Å²) >= 11 is 11.8. The molecule has 0 saturated heterocycles. The molecule has 2 aromatic rings. The van der Waals surface area contributed by atoms with Gasteiger partial charge in [-0.15, -0.1) is 0 Å². The van der Waals surface area contributed by atoms with Gasteiger partial charge in [-0.25, -0.2) is 4.99 Å². The van der Waals surface area contributed by atoms with Crippen LogP contribution < -0.4 is 0 Å². The van der Waals surface area contributed by atoms with E-state index in [4.69, 9.17) is 23.2 Å². The van der Waals surface area contributed by atoms with E-state index in [1.807, 2.05) is 0 Å². The molecule has 0 aromatic heterocycles. The highest BCUT2D eigenvalue weighted by Crippen LogP contribution is 2.20. The Morgan fingerprint density at radius 2 is 1.63 bits per heavy atom. The van der Waals surface area contributed by atoms with E-state index in [0.29, 0.717) is 16.3 Å². The number of nitrogens with zero attached hydrogens (tertiary/aromatic N) is 2. The van der Waals surface area contributed by atoms with Crippen LogP contribution >= 0.6 is 23.2 Å². The molecule has 0 N–H and O–H groups in total. The Balaban J connectivity index is 2.25. The first-order valence-electron chi connectivity index (χ1n) is 5.31. The van der Waals surface area contributed by atoms with Gasteiger partial charge in [-0.2, -0.15) is 0 Å². The van der Waals surface area contributed by atoms with Crippen molar-refractivity contribution >= 4 is 39.7 Å². The van der Waals surface area contributed by atoms with E-state index >= 15 is 0 Å². The van der Waals surface area contributed by atoms with Crippen LogP contribution in [0.15, 0.2) is 53.5 Å². The van der Waals surface area contributed by atoms with Crippen LogP contribution in [-0.2, 0) is 0 Å². The smallest absolute Gasteiger partial charge is 0.258 e. The summed E-state index contributed by atoms with van der Waals surface area (Å²) in [6.45, 7) is 0. The second kappa shape index (κ2) is 5.82. The standard InChI is InChI=1S/C13H8Cl2N2O2/c14-10-3-5-11(6-4-10)16-13(15)9-1-7-12(8-2-9)17(18)19/h1-8H. The van der Waals surface area contributed by atoms with Crippen LogP contribution in [0.4, 0.5) is 11.4 Å². The molecule has 2 aromatic carbocycles. The van der Waals surface area contributed by atoms with Gasteiger partial charge in [0.15, 0.2) is 0 Å². The van der Waals surface area contributed by atoms with Crippen LogP contribution in [-0.4, -0.2) is 10.1 Å². The summed E-state index contributed by atoms with van der Waals surface area (Å²) in [5.74, 6) is 0. The number of nitro groups is 1. The van der Waals surface area contributed by atoms with Gasteiger partial charge in [-0.1, -0.05) is 23.2 Å². The lowest BCUT2D eigenvalue weighted by molar-refractivity contribution is -0.384. The van der Waals surface area contributed by atoms with Gasteiger partial charge < -0.3 is 0 Å². The number of aliphatic imine (C=N–C) groups is 1. The van der Waals surface area contributed by atoms with Gasteiger partial charge in [0, 0.05) is 22.7 Å². The molecule has 19 heavy (non-hydrogen) atoms. The maximum absolute atomic E-state index is 10.5. The van der Waals surface area contributed by atoms with Gasteiger partial charge in [-0.05, 0) is 36.4 Å². The van der Waals surface area contributed by atoms with E-state index in [1.54, 1.807) is 36.4 Å². The van der Waals surface area contributed by atoms with E-state index in [0.717, 1.165) is 0 Å². The predicted molar refractivity (Wildman–Crippen MR) is 76.6 cm³/mol. The number of benzene rings is 2. The number of rotatable bonds is 3. The first-order valence-corrected chi connectivity index (χ1v) is 6.06. The molecular weight excluding hydrogens is 287 g/mol. The van der Waals surface area contributed by atoms with Gasteiger partial charge in [0.25, 0.3) is 5.69 Å². The summed E-state index contributed by atoms with van der Waals surface area (Å²) in [4.78, 5) is 14.3. The SMILES string of the molecule is O=[N+]([O-])c1ccc(C(Cl)=Nc2ccc(Cl)cc2)cc1. The fourth-order valence-electron chi connectivity index (χ4n) is 1.41. The quantitative estimate of drug-likeness (QED) is 0.473. The maximum Gasteiger partial charge on any atom is 0.269 e. The Bertz CT molecular complexity index is 622. The zero-order chi connectivity index (χ0) is 13.8. The van der Waals surface area contributed by atoms with Gasteiger partial charge in [0.1, 0.15) is 5.17 Å². The number of halogens is 2. The molecule has 0 fully saturated rings. The van der Waals surface area contributed by atoms with E-state index < -0.39 is 4.92 Å². The lowest BCUT2D eigenvalue weighted by Crippen LogP contribution is -1.92. The van der Waals surface area contributed by atoms with Crippen molar-refractivity contribution in [1.29, 1.82) is 0 Å². The van der Waals surface area contributed by atoms with Crippen molar-refractivity contribution < 1.29 is 4.92 Å². The molecule has 2 rings (SSSR count). The van der Waals surface area contributed by atoms with Crippen molar-refractivity contribution in [3.63, 3.8) is 0 Å². The average molecular weight is 295 g/mol. The minimum absolute atomic E-state index is 0.0136. The summed E-state index contributed by atoms with van der Waals surface area (Å²) in [5.41, 5.74) is 1.29. The molecule has 96 valence electrons. The zero-order valence-electron chi connectivity index (χ0n) is 9.59. The minimum Gasteiger partial charge on any atom is -0.258 e. The molecule has 0 heterocycles. The van der Waals surface area contributed by atoms with Crippen molar-refractivity contribution in [2.45, 2.75) is 0 Å². The fraction of sp³-hybridized carbons (Fsp3) is 0. The second-order valence-corrected chi connectivity index (χ2v) is 4.48. The fourth-order valence-corrected chi connectivity index (χ4v) is 1.76. The number of hydrogen-bond donors (Lipinski definition) is 0. The molecule has 6 heteroatoms. The van der Waals surface area contributed by atoms with Crippen LogP contribution in [0.3, 0.4) is 0 Å². The third kappa shape index (κ3) is 3.53. The molecule has 0 aliphatic heterocycles. The van der Waals surface area contributed by atoms with Gasteiger partial charge >= 0.3 is 0 Å². The summed E-state index contributed by atoms with van der Waals surface area (Å²) in [7, 11) is 0. The van der Waals surface area contributed by atoms with Crippen LogP contribution in [0.2, 0.25) is 5.02 Å². The topological polar surface area (TPSA) is 55.5 Å². The van der Waals surface area contributed by atoms with Crippen molar-refractivity contribution in [1.82, 2.24) is 0 Å². The summed E-state index contributed by atoms with van der Waals surface area (Å²) in [6, 6.07) is 12.8. The number of nitro benzene ring substituents is 1. The minimum atomic E-state index is -0.464. The van der Waals surface area contributed by atoms with E-state index in [9.17, 15) is 10.1 Å². The Kier molecular flexibility index (Phi) is 4.14. The van der Waals surface area contributed by atoms with Gasteiger partial charge in [0.2, 0.25) is 0 Å². The third-order valence-corrected chi connectivity index (χ3v) is 2.92. The summed E-state index contributed by atoms with van der Waals surface area (Å²) in [5, 5.41) is 11.4. The van der Waals surface area contributed by atoms with E-state index in [2.05, 4.69) is 4.99 Å². The molecule has 0 radical (unpaired) electrons. The molecule has 0 unspecified atom stereocenters. The number of hydrogen-bond acceptors (Lipinski definition) is 3. The summed E-state index contributed by atoms with van der Waals surface area (Å²) < 4.78 is 0. The number of non-ortho nitro benzene ring substituents is 1. The molecule has 0 amide bonds. The molecule has 0 bridgehead atoms. The van der Waals surface area contributed by atoms with Crippen molar-refractivity contribution in [2.75, 3.05) is 0 Å². The largest absolute Gasteiger partial charge is 0.269 e. The highest BCUT2D eigenvalue weighted by Gasteiger charge is 2.06. The van der Waals surface area contributed by atoms with Crippen molar-refractivity contribution in [2.24, 2.45) is 4.99 Å². The Morgan fingerprint density at radius 3 is 2.16 bits per heavy atom. The molecule has 4 nitrogen and oxygen atoms in total. The first kappa shape index (κ1) is 13.5. The Hall–Kier alpha value is -1.91. The zero-order valence-corrected chi connectivity index (χ0v) is 11.1. The van der Waals surface area contributed by atoms with Crippen LogP contribution in [0.25, 0.3) is 0 Å². The molecule has 0 saturated carbocycles. The van der Waals surface area contributed by atoms with Gasteiger partial charge in [-0.3, -0.25) is 10.1 Å². The molecule has 0 aliphatic rings. The third-order valence-electron chi connectivity index (χ3n) is 2.37. The monoisotopic (exact) mass is 294 g/mol. The lowest BCUT2D eigenvalue weighted by Gasteiger charge is -1.99. The molecule has 0 atom stereocenters. The van der Waals surface area contributed by atoms with Crippen LogP contribution in [0.1, 0.15) is 5.56 Å². The Morgan fingerprint density at radius 1 is 1.05 bits per heavy atom. The summed E-state index contributed by atoms with van der Waals surface area (Å²) in [6.07, 6.45) is 0. The van der Waals surface area contributed by atoms with Crippen LogP contribution in [0.5, 0.6) is 0 Å². The predicted octanol–water partition coefficient (Wildman–Crippen LogP) is 4.57. The maximum atomic E-state index is 10.5. The first-order chi connectivity index (χ1) is 9.06. The highest BCUT2D eigenvalue weighted by atomic mass is 35.5. The van der Waals surface area contributed by atoms with Gasteiger partial charge in [0.05, 0.1) is 10.6 Å². The van der Waals surface area contributed by atoms with E-state index in [-0.39, 0.29) is 10.9 Å².